The van der Waals surface area contributed by atoms with Crippen molar-refractivity contribution in [3.05, 3.63) is 0 Å². The molecule has 2 aliphatic rings. The number of methoxy groups -OCH3 is 1. The molecule has 0 spiro atoms. The lowest BCUT2D eigenvalue weighted by Gasteiger charge is -2.21. The summed E-state index contributed by atoms with van der Waals surface area (Å²) in [6.07, 6.45) is 8.24. The average molecular weight is 275 g/mol. The molecule has 1 N–H and O–H groups in total. The molecule has 2 fully saturated rings. The van der Waals surface area contributed by atoms with Crippen LogP contribution < -0.4 is 4.72 Å². The maximum Gasteiger partial charge on any atom is 0.211 e. The molecule has 2 aliphatic carbocycles. The van der Waals surface area contributed by atoms with Gasteiger partial charge in [-0.1, -0.05) is 32.1 Å². The molecule has 0 bridgehead atoms. The molecule has 4 nitrogen and oxygen atoms in total. The van der Waals surface area contributed by atoms with Gasteiger partial charge in [0.05, 0.1) is 5.75 Å². The topological polar surface area (TPSA) is 55.4 Å². The first-order valence-corrected chi connectivity index (χ1v) is 8.76. The second-order valence-corrected chi connectivity index (χ2v) is 7.56. The largest absolute Gasteiger partial charge is 0.385 e. The Morgan fingerprint density at radius 3 is 2.61 bits per heavy atom. The van der Waals surface area contributed by atoms with Gasteiger partial charge in [0.15, 0.2) is 0 Å². The maximum atomic E-state index is 11.8. The Bertz CT molecular complexity index is 349. The lowest BCUT2D eigenvalue weighted by Crippen LogP contribution is -2.31. The normalized spacial score (nSPS) is 29.4. The predicted molar refractivity (Wildman–Crippen MR) is 71.9 cm³/mol. The van der Waals surface area contributed by atoms with Gasteiger partial charge in [0.1, 0.15) is 0 Å². The highest BCUT2D eigenvalue weighted by atomic mass is 32.2. The number of nitrogens with one attached hydrogen (secondary N) is 1. The zero-order valence-electron chi connectivity index (χ0n) is 11.2. The van der Waals surface area contributed by atoms with Crippen LogP contribution in [0.25, 0.3) is 0 Å². The predicted octanol–water partition coefficient (Wildman–Crippen LogP) is 1.91. The minimum Gasteiger partial charge on any atom is -0.385 e. The van der Waals surface area contributed by atoms with Gasteiger partial charge < -0.3 is 4.74 Å². The quantitative estimate of drug-likeness (QED) is 0.722. The molecule has 2 rings (SSSR count). The monoisotopic (exact) mass is 275 g/mol. The lowest BCUT2D eigenvalue weighted by atomic mass is 9.86. The second-order valence-electron chi connectivity index (χ2n) is 5.69. The highest BCUT2D eigenvalue weighted by Crippen LogP contribution is 2.44. The molecule has 106 valence electrons. The Kier molecular flexibility index (Phi) is 5.04. The van der Waals surface area contributed by atoms with Gasteiger partial charge in [-0.2, -0.15) is 0 Å². The van der Waals surface area contributed by atoms with Gasteiger partial charge in [0.25, 0.3) is 0 Å². The summed E-state index contributed by atoms with van der Waals surface area (Å²) in [5, 5.41) is 0. The van der Waals surface area contributed by atoms with Gasteiger partial charge in [-0.05, 0) is 24.7 Å². The summed E-state index contributed by atoms with van der Waals surface area (Å²) in [5.41, 5.74) is 0. The van der Waals surface area contributed by atoms with Crippen molar-refractivity contribution < 1.29 is 13.2 Å². The van der Waals surface area contributed by atoms with Crippen LogP contribution in [-0.2, 0) is 14.8 Å². The molecule has 0 aromatic heterocycles. The van der Waals surface area contributed by atoms with Gasteiger partial charge in [-0.3, -0.25) is 0 Å². The van der Waals surface area contributed by atoms with Crippen LogP contribution in [-0.4, -0.2) is 33.9 Å². The van der Waals surface area contributed by atoms with Crippen LogP contribution >= 0.6 is 0 Å². The summed E-state index contributed by atoms with van der Waals surface area (Å²) < 4.78 is 31.4. The first-order valence-electron chi connectivity index (χ1n) is 7.11. The van der Waals surface area contributed by atoms with Crippen LogP contribution in [0.1, 0.15) is 44.9 Å². The highest BCUT2D eigenvalue weighted by Gasteiger charge is 2.44. The van der Waals surface area contributed by atoms with E-state index in [0.29, 0.717) is 18.9 Å². The van der Waals surface area contributed by atoms with Gasteiger partial charge >= 0.3 is 0 Å². The van der Waals surface area contributed by atoms with Crippen LogP contribution in [0.4, 0.5) is 0 Å². The molecule has 2 saturated carbocycles. The Labute approximate surface area is 111 Å². The minimum absolute atomic E-state index is 0.189. The Hall–Kier alpha value is -0.130. The molecule has 0 aromatic carbocycles. The van der Waals surface area contributed by atoms with E-state index in [9.17, 15) is 8.42 Å². The molecule has 0 aromatic rings. The third kappa shape index (κ3) is 4.21. The number of hydrogen-bond acceptors (Lipinski definition) is 3. The molecule has 0 aliphatic heterocycles. The number of hydrogen-bond donors (Lipinski definition) is 1. The third-order valence-corrected chi connectivity index (χ3v) is 5.68. The first-order chi connectivity index (χ1) is 8.62. The Morgan fingerprint density at radius 2 is 1.94 bits per heavy atom. The summed E-state index contributed by atoms with van der Waals surface area (Å²) in [6.45, 7) is 0.512. The summed E-state index contributed by atoms with van der Waals surface area (Å²) in [4.78, 5) is 0. The molecule has 2 atom stereocenters. The van der Waals surface area contributed by atoms with Crippen molar-refractivity contribution in [3.63, 3.8) is 0 Å². The highest BCUT2D eigenvalue weighted by molar-refractivity contribution is 7.89. The maximum absolute atomic E-state index is 11.8. The van der Waals surface area contributed by atoms with E-state index < -0.39 is 10.0 Å². The van der Waals surface area contributed by atoms with Gasteiger partial charge in [-0.15, -0.1) is 0 Å². The molecule has 0 amide bonds. The van der Waals surface area contributed by atoms with Crippen molar-refractivity contribution in [2.24, 2.45) is 11.8 Å². The van der Waals surface area contributed by atoms with Crippen LogP contribution in [0, 0.1) is 11.8 Å². The van der Waals surface area contributed by atoms with Gasteiger partial charge in [0.2, 0.25) is 10.0 Å². The van der Waals surface area contributed by atoms with E-state index in [2.05, 4.69) is 4.72 Å². The molecule has 0 radical (unpaired) electrons. The first kappa shape index (κ1) is 14.3. The Morgan fingerprint density at radius 1 is 1.22 bits per heavy atom. The van der Waals surface area contributed by atoms with E-state index in [4.69, 9.17) is 4.74 Å². The zero-order chi connectivity index (χ0) is 13.0. The SMILES string of the molecule is COCCCS(=O)(=O)N[C@@H]1C[C@H]1C1CCCCC1. The fourth-order valence-electron chi connectivity index (χ4n) is 3.12. The van der Waals surface area contributed by atoms with E-state index in [1.54, 1.807) is 7.11 Å². The number of rotatable bonds is 7. The van der Waals surface area contributed by atoms with Gasteiger partial charge in [0, 0.05) is 19.8 Å². The number of sulfonamides is 1. The molecule has 18 heavy (non-hydrogen) atoms. The standard InChI is InChI=1S/C13H25NO3S/c1-17-8-5-9-18(15,16)14-13-10-12(13)11-6-3-2-4-7-11/h11-14H,2-10H2,1H3/t12-,13+/m0/s1. The lowest BCUT2D eigenvalue weighted by molar-refractivity contribution is 0.199. The van der Waals surface area contributed by atoms with E-state index in [0.717, 1.165) is 12.3 Å². The summed E-state index contributed by atoms with van der Waals surface area (Å²) in [7, 11) is -1.49. The van der Waals surface area contributed by atoms with E-state index in [-0.39, 0.29) is 11.8 Å². The Balaban J connectivity index is 1.71. The van der Waals surface area contributed by atoms with Crippen molar-refractivity contribution in [1.82, 2.24) is 4.72 Å². The smallest absolute Gasteiger partial charge is 0.211 e. The van der Waals surface area contributed by atoms with Crippen molar-refractivity contribution in [2.45, 2.75) is 51.0 Å². The zero-order valence-corrected chi connectivity index (χ0v) is 12.0. The van der Waals surface area contributed by atoms with Crippen LogP contribution in [0.3, 0.4) is 0 Å². The summed E-state index contributed by atoms with van der Waals surface area (Å²) in [6, 6.07) is 0.223. The minimum atomic E-state index is -3.09. The van der Waals surface area contributed by atoms with Gasteiger partial charge in [-0.25, -0.2) is 13.1 Å². The molecular formula is C13H25NO3S. The second kappa shape index (κ2) is 6.35. The van der Waals surface area contributed by atoms with Crippen molar-refractivity contribution in [3.8, 4) is 0 Å². The van der Waals surface area contributed by atoms with E-state index in [1.807, 2.05) is 0 Å². The molecule has 5 heteroatoms. The van der Waals surface area contributed by atoms with E-state index >= 15 is 0 Å². The fraction of sp³-hybridized carbons (Fsp3) is 1.00. The summed E-state index contributed by atoms with van der Waals surface area (Å²) >= 11 is 0. The van der Waals surface area contributed by atoms with Crippen molar-refractivity contribution >= 4 is 10.0 Å². The summed E-state index contributed by atoms with van der Waals surface area (Å²) in [5.74, 6) is 1.57. The van der Waals surface area contributed by atoms with E-state index in [1.165, 1.54) is 32.1 Å². The third-order valence-electron chi connectivity index (χ3n) is 4.19. The fourth-order valence-corrected chi connectivity index (χ4v) is 4.46. The molecule has 0 saturated heterocycles. The average Bonchev–Trinajstić information content (AvgIpc) is 3.09. The number of ether oxygens (including phenoxy) is 1. The molecule has 0 heterocycles. The van der Waals surface area contributed by atoms with Crippen LogP contribution in [0.15, 0.2) is 0 Å². The van der Waals surface area contributed by atoms with Crippen molar-refractivity contribution in [1.29, 1.82) is 0 Å². The van der Waals surface area contributed by atoms with Crippen LogP contribution in [0.2, 0.25) is 0 Å². The molecular weight excluding hydrogens is 250 g/mol. The molecule has 0 unspecified atom stereocenters. The van der Waals surface area contributed by atoms with Crippen LogP contribution in [0.5, 0.6) is 0 Å². The van der Waals surface area contributed by atoms with Crippen molar-refractivity contribution in [2.75, 3.05) is 19.5 Å².